The normalized spacial score (nSPS) is 10.8. The summed E-state index contributed by atoms with van der Waals surface area (Å²) in [5.74, 6) is 2.13. The third-order valence-corrected chi connectivity index (χ3v) is 5.95. The molecule has 2 aromatic carbocycles. The number of hydrazone groups is 2. The highest BCUT2D eigenvalue weighted by atomic mass is 16.5. The average Bonchev–Trinajstić information content (AvgIpc) is 3.00. The summed E-state index contributed by atoms with van der Waals surface area (Å²) in [5.41, 5.74) is 6.67. The number of carbonyl (C=O) groups excluding carboxylic acids is 2. The molecule has 0 radical (unpaired) electrons. The fraction of sp³-hybridized carbons (Fsp3) is 0.375. The van der Waals surface area contributed by atoms with Gasteiger partial charge in [-0.2, -0.15) is 10.2 Å². The average molecular weight is 579 g/mol. The first-order valence-electron chi connectivity index (χ1n) is 14.0. The second kappa shape index (κ2) is 20.3. The van der Waals surface area contributed by atoms with Gasteiger partial charge in [-0.15, -0.1) is 0 Å². The van der Waals surface area contributed by atoms with Crippen molar-refractivity contribution < 1.29 is 28.5 Å². The van der Waals surface area contributed by atoms with Crippen molar-refractivity contribution in [2.75, 3.05) is 27.4 Å². The van der Waals surface area contributed by atoms with E-state index < -0.39 is 0 Å². The number of methoxy groups -OCH3 is 2. The largest absolute Gasteiger partial charge is 0.493 e. The molecule has 42 heavy (non-hydrogen) atoms. The number of hydrogen-bond acceptors (Lipinski definition) is 8. The van der Waals surface area contributed by atoms with E-state index >= 15 is 0 Å². The number of rotatable bonds is 21. The molecule has 10 heteroatoms. The van der Waals surface area contributed by atoms with Crippen molar-refractivity contribution in [3.8, 4) is 23.0 Å². The summed E-state index contributed by atoms with van der Waals surface area (Å²) in [6, 6.07) is 10.8. The Labute approximate surface area is 248 Å². The van der Waals surface area contributed by atoms with Crippen LogP contribution in [0.2, 0.25) is 0 Å². The summed E-state index contributed by atoms with van der Waals surface area (Å²) in [4.78, 5) is 24.1. The van der Waals surface area contributed by atoms with Crippen molar-refractivity contribution in [3.63, 3.8) is 0 Å². The molecule has 0 atom stereocenters. The number of unbranched alkanes of at least 4 members (excludes halogenated alkanes) is 5. The van der Waals surface area contributed by atoms with E-state index in [2.05, 4.69) is 34.2 Å². The molecular weight excluding hydrogens is 536 g/mol. The van der Waals surface area contributed by atoms with Crippen LogP contribution < -0.4 is 29.8 Å². The highest BCUT2D eigenvalue weighted by Gasteiger charge is 2.06. The summed E-state index contributed by atoms with van der Waals surface area (Å²) in [5, 5.41) is 8.05. The zero-order chi connectivity index (χ0) is 30.4. The molecule has 226 valence electrons. The molecule has 0 aliphatic rings. The van der Waals surface area contributed by atoms with Gasteiger partial charge in [0.1, 0.15) is 13.2 Å². The summed E-state index contributed by atoms with van der Waals surface area (Å²) in [6.07, 6.45) is 12.7. The van der Waals surface area contributed by atoms with Gasteiger partial charge in [-0.1, -0.05) is 51.0 Å². The van der Waals surface area contributed by atoms with E-state index in [1.165, 1.54) is 0 Å². The molecule has 0 aliphatic carbocycles. The van der Waals surface area contributed by atoms with Crippen molar-refractivity contribution in [1.29, 1.82) is 0 Å². The fourth-order valence-electron chi connectivity index (χ4n) is 3.81. The Balaban J connectivity index is 1.54. The van der Waals surface area contributed by atoms with Crippen LogP contribution in [0.4, 0.5) is 0 Å². The molecule has 2 aromatic rings. The van der Waals surface area contributed by atoms with Gasteiger partial charge >= 0.3 is 0 Å². The van der Waals surface area contributed by atoms with E-state index in [0.717, 1.165) is 49.7 Å². The molecule has 0 spiro atoms. The molecule has 0 aromatic heterocycles. The van der Waals surface area contributed by atoms with Crippen LogP contribution in [0.15, 0.2) is 71.9 Å². The highest BCUT2D eigenvalue weighted by molar-refractivity contribution is 5.84. The van der Waals surface area contributed by atoms with Gasteiger partial charge in [0.15, 0.2) is 23.0 Å². The summed E-state index contributed by atoms with van der Waals surface area (Å²) in [6.45, 7) is 8.03. The van der Waals surface area contributed by atoms with Gasteiger partial charge < -0.3 is 18.9 Å². The predicted molar refractivity (Wildman–Crippen MR) is 166 cm³/mol. The minimum atomic E-state index is -0.128. The number of ether oxygens (including phenoxy) is 4. The SMILES string of the molecule is C=CCOc1ccc(/C=N/NC(=O)CCCCCCCCC(=O)N/N=C/c2ccc(OCC=C)c(OC)c2)cc1OC. The van der Waals surface area contributed by atoms with Crippen LogP contribution in [-0.4, -0.2) is 51.7 Å². The van der Waals surface area contributed by atoms with Gasteiger partial charge in [0.2, 0.25) is 11.8 Å². The maximum Gasteiger partial charge on any atom is 0.240 e. The second-order valence-electron chi connectivity index (χ2n) is 9.23. The number of amides is 2. The van der Waals surface area contributed by atoms with Crippen LogP contribution in [0.25, 0.3) is 0 Å². The van der Waals surface area contributed by atoms with Crippen molar-refractivity contribution in [2.24, 2.45) is 10.2 Å². The smallest absolute Gasteiger partial charge is 0.240 e. The molecule has 0 aliphatic heterocycles. The van der Waals surface area contributed by atoms with E-state index in [9.17, 15) is 9.59 Å². The van der Waals surface area contributed by atoms with E-state index in [-0.39, 0.29) is 11.8 Å². The lowest BCUT2D eigenvalue weighted by Gasteiger charge is -2.09. The van der Waals surface area contributed by atoms with Gasteiger partial charge in [0, 0.05) is 12.8 Å². The Hall–Kier alpha value is -4.60. The molecule has 0 saturated heterocycles. The van der Waals surface area contributed by atoms with E-state index in [0.29, 0.717) is 49.1 Å². The first kappa shape index (κ1) is 33.6. The molecule has 0 fully saturated rings. The summed E-state index contributed by atoms with van der Waals surface area (Å²) >= 11 is 0. The van der Waals surface area contributed by atoms with Crippen LogP contribution in [0.1, 0.15) is 62.5 Å². The lowest BCUT2D eigenvalue weighted by molar-refractivity contribution is -0.122. The van der Waals surface area contributed by atoms with Crippen LogP contribution in [0.3, 0.4) is 0 Å². The minimum absolute atomic E-state index is 0.128. The van der Waals surface area contributed by atoms with Gasteiger partial charge in [-0.25, -0.2) is 10.9 Å². The predicted octanol–water partition coefficient (Wildman–Crippen LogP) is 5.55. The van der Waals surface area contributed by atoms with Crippen LogP contribution in [0.5, 0.6) is 23.0 Å². The number of carbonyl (C=O) groups is 2. The number of nitrogens with one attached hydrogen (secondary N) is 2. The van der Waals surface area contributed by atoms with Crippen molar-refractivity contribution in [2.45, 2.75) is 51.4 Å². The van der Waals surface area contributed by atoms with Gasteiger partial charge in [-0.05, 0) is 60.4 Å². The van der Waals surface area contributed by atoms with Crippen molar-refractivity contribution >= 4 is 24.2 Å². The van der Waals surface area contributed by atoms with Gasteiger partial charge in [-0.3, -0.25) is 9.59 Å². The molecule has 0 unspecified atom stereocenters. The zero-order valence-corrected chi connectivity index (χ0v) is 24.6. The van der Waals surface area contributed by atoms with E-state index in [1.807, 2.05) is 12.1 Å². The van der Waals surface area contributed by atoms with Crippen molar-refractivity contribution in [1.82, 2.24) is 10.9 Å². The Bertz CT molecular complexity index is 1120. The van der Waals surface area contributed by atoms with Crippen LogP contribution in [-0.2, 0) is 9.59 Å². The van der Waals surface area contributed by atoms with Gasteiger partial charge in [0.05, 0.1) is 26.6 Å². The van der Waals surface area contributed by atoms with E-state index in [4.69, 9.17) is 18.9 Å². The molecule has 0 saturated carbocycles. The molecule has 2 N–H and O–H groups in total. The second-order valence-corrected chi connectivity index (χ2v) is 9.23. The lowest BCUT2D eigenvalue weighted by atomic mass is 10.1. The Kier molecular flexibility index (Phi) is 16.2. The quantitative estimate of drug-likeness (QED) is 0.0867. The fourth-order valence-corrected chi connectivity index (χ4v) is 3.81. The number of nitrogens with zero attached hydrogens (tertiary/aromatic N) is 2. The first-order chi connectivity index (χ1) is 20.5. The van der Waals surface area contributed by atoms with Crippen LogP contribution >= 0.6 is 0 Å². The molecule has 0 heterocycles. The van der Waals surface area contributed by atoms with Crippen LogP contribution in [0, 0.1) is 0 Å². The Morgan fingerprint density at radius 1 is 0.667 bits per heavy atom. The van der Waals surface area contributed by atoms with Gasteiger partial charge in [0.25, 0.3) is 0 Å². The zero-order valence-electron chi connectivity index (χ0n) is 24.6. The molecule has 0 bridgehead atoms. The summed E-state index contributed by atoms with van der Waals surface area (Å²) < 4.78 is 21.7. The standard InChI is InChI=1S/C32H42N4O6/c1-5-19-41-27-17-15-25(21-29(27)39-3)23-33-35-31(37)13-11-9-7-8-10-12-14-32(38)36-34-24-26-16-18-28(42-20-6-2)30(22-26)40-4/h5-6,15-18,21-24H,1-2,7-14,19-20H2,3-4H3,(H,35,37)(H,36,38)/b33-23+,34-24+. The monoisotopic (exact) mass is 578 g/mol. The highest BCUT2D eigenvalue weighted by Crippen LogP contribution is 2.28. The molecule has 10 nitrogen and oxygen atoms in total. The Morgan fingerprint density at radius 3 is 1.45 bits per heavy atom. The summed E-state index contributed by atoms with van der Waals surface area (Å²) in [7, 11) is 3.13. The number of benzene rings is 2. The lowest BCUT2D eigenvalue weighted by Crippen LogP contribution is -2.17. The minimum Gasteiger partial charge on any atom is -0.493 e. The third-order valence-electron chi connectivity index (χ3n) is 5.95. The maximum atomic E-state index is 12.1. The third kappa shape index (κ3) is 13.2. The first-order valence-corrected chi connectivity index (χ1v) is 14.0. The molecule has 2 amide bonds. The maximum absolute atomic E-state index is 12.1. The molecule has 2 rings (SSSR count). The molecular formula is C32H42N4O6. The van der Waals surface area contributed by atoms with Crippen molar-refractivity contribution in [3.05, 3.63) is 72.8 Å². The topological polar surface area (TPSA) is 120 Å². The van der Waals surface area contributed by atoms with E-state index in [1.54, 1.807) is 63.1 Å². The number of hydrogen-bond donors (Lipinski definition) is 2. The Morgan fingerprint density at radius 2 is 1.07 bits per heavy atom.